The van der Waals surface area contributed by atoms with Crippen molar-refractivity contribution in [2.24, 2.45) is 0 Å². The third kappa shape index (κ3) is 11.3. The van der Waals surface area contributed by atoms with Gasteiger partial charge in [-0.15, -0.1) is 0 Å². The first-order valence-corrected chi connectivity index (χ1v) is 3.03. The van der Waals surface area contributed by atoms with Crippen LogP contribution in [0.5, 0.6) is 0 Å². The molecule has 0 N–H and O–H groups in total. The van der Waals surface area contributed by atoms with Crippen LogP contribution in [0.4, 0.5) is 4.79 Å². The van der Waals surface area contributed by atoms with Gasteiger partial charge in [0.2, 0.25) is 0 Å². The Morgan fingerprint density at radius 3 is 1.83 bits per heavy atom. The molecule has 0 aliphatic carbocycles. The first-order chi connectivity index (χ1) is 5.81. The van der Waals surface area contributed by atoms with Gasteiger partial charge in [-0.3, -0.25) is 0 Å². The molecule has 0 aromatic rings. The molecule has 0 aliphatic heterocycles. The van der Waals surface area contributed by atoms with Gasteiger partial charge in [-0.1, -0.05) is 25.3 Å². The fraction of sp³-hybridized carbons (Fsp3) is 0.250. The molecular weight excluding hydrogens is 160 g/mol. The van der Waals surface area contributed by atoms with E-state index in [-0.39, 0.29) is 13.2 Å². The summed E-state index contributed by atoms with van der Waals surface area (Å²) in [5.41, 5.74) is 0. The minimum atomic E-state index is -0.695. The molecule has 4 heteroatoms. The summed E-state index contributed by atoms with van der Waals surface area (Å²) in [5.74, 6) is 0. The third-order valence-electron chi connectivity index (χ3n) is 0.638. The molecule has 0 amide bonds. The first-order valence-electron chi connectivity index (χ1n) is 3.03. The Hall–Kier alpha value is -1.51. The van der Waals surface area contributed by atoms with Crippen molar-refractivity contribution in [3.63, 3.8) is 0 Å². The Balaban J connectivity index is 0. The number of carbonyl (C=O) groups is 1. The number of hydrogen-bond acceptors (Lipinski definition) is 3. The summed E-state index contributed by atoms with van der Waals surface area (Å²) in [7, 11) is 0. The molecule has 12 heavy (non-hydrogen) atoms. The second kappa shape index (κ2) is 12.2. The molecule has 0 aromatic carbocycles. The van der Waals surface area contributed by atoms with Gasteiger partial charge in [0, 0.05) is 0 Å². The Labute approximate surface area is 71.2 Å². The molecule has 0 unspecified atom stereocenters. The normalized spacial score (nSPS) is 6.83. The zero-order valence-corrected chi connectivity index (χ0v) is 6.62. The van der Waals surface area contributed by atoms with Gasteiger partial charge < -0.3 is 9.47 Å². The van der Waals surface area contributed by atoms with Crippen LogP contribution in [0.3, 0.4) is 0 Å². The van der Waals surface area contributed by atoms with Crippen molar-refractivity contribution in [3.8, 4) is 0 Å². The number of rotatable bonds is 4. The van der Waals surface area contributed by atoms with Crippen molar-refractivity contribution in [1.29, 1.82) is 0 Å². The third-order valence-corrected chi connectivity index (χ3v) is 0.638. The van der Waals surface area contributed by atoms with E-state index in [4.69, 9.17) is 4.65 Å². The van der Waals surface area contributed by atoms with Crippen LogP contribution >= 0.6 is 0 Å². The van der Waals surface area contributed by atoms with Crippen molar-refractivity contribution in [2.45, 2.75) is 0 Å². The van der Waals surface area contributed by atoms with Gasteiger partial charge in [-0.05, 0) is 0 Å². The molecule has 0 bridgehead atoms. The minimum absolute atomic E-state index is 0.177. The van der Waals surface area contributed by atoms with E-state index in [1.807, 2.05) is 0 Å². The van der Waals surface area contributed by atoms with E-state index in [0.717, 1.165) is 0 Å². The van der Waals surface area contributed by atoms with Crippen LogP contribution in [-0.4, -0.2) is 19.4 Å². The van der Waals surface area contributed by atoms with Gasteiger partial charge in [0.15, 0.2) is 0 Å². The second-order valence-corrected chi connectivity index (χ2v) is 1.45. The monoisotopic (exact) mass is 170 g/mol. The maximum absolute atomic E-state index is 10.4. The van der Waals surface area contributed by atoms with Crippen molar-refractivity contribution in [1.82, 2.24) is 0 Å². The van der Waals surface area contributed by atoms with Crippen molar-refractivity contribution >= 4 is 6.16 Å². The Morgan fingerprint density at radius 1 is 1.25 bits per heavy atom. The summed E-state index contributed by atoms with van der Waals surface area (Å²) in [6.07, 6.45) is 2.24. The predicted octanol–water partition coefficient (Wildman–Crippen LogP) is 1.47. The van der Waals surface area contributed by atoms with Gasteiger partial charge in [-0.2, -0.15) is 0 Å². The van der Waals surface area contributed by atoms with Crippen LogP contribution in [0.2, 0.25) is 0 Å². The predicted molar refractivity (Wildman–Crippen MR) is 41.6 cm³/mol. The molecule has 0 heterocycles. The van der Waals surface area contributed by atoms with Crippen molar-refractivity contribution in [2.75, 3.05) is 13.2 Å². The summed E-state index contributed by atoms with van der Waals surface area (Å²) in [4.78, 5) is 10.4. The van der Waals surface area contributed by atoms with E-state index in [9.17, 15) is 4.79 Å². The number of hydrogen-bond donors (Lipinski definition) is 0. The average Bonchev–Trinajstić information content (AvgIpc) is 2.14. The summed E-state index contributed by atoms with van der Waals surface area (Å²) in [6.45, 7) is 11.6. The van der Waals surface area contributed by atoms with E-state index in [0.29, 0.717) is 0 Å². The zero-order valence-electron chi connectivity index (χ0n) is 6.62. The van der Waals surface area contributed by atoms with Crippen LogP contribution < -0.4 is 0 Å². The molecule has 4 nitrogen and oxygen atoms in total. The summed E-state index contributed by atoms with van der Waals surface area (Å²) in [5, 5.41) is 0. The second-order valence-electron chi connectivity index (χ2n) is 1.45. The maximum atomic E-state index is 10.4. The fourth-order valence-corrected chi connectivity index (χ4v) is 0.296. The first kappa shape index (κ1) is 13.1. The van der Waals surface area contributed by atoms with Crippen LogP contribution in [0.25, 0.3) is 0 Å². The molecule has 0 radical (unpaired) electrons. The molecule has 0 spiro atoms. The SMILES string of the molecule is C=CCOC(=O)OCC=C.[C-]#[O+]. The molecule has 0 saturated carbocycles. The van der Waals surface area contributed by atoms with E-state index in [1.54, 1.807) is 0 Å². The van der Waals surface area contributed by atoms with Crippen molar-refractivity contribution < 1.29 is 18.9 Å². The quantitative estimate of drug-likeness (QED) is 0.278. The molecule has 66 valence electrons. The van der Waals surface area contributed by atoms with E-state index < -0.39 is 6.16 Å². The van der Waals surface area contributed by atoms with Gasteiger partial charge in [0.1, 0.15) is 13.2 Å². The van der Waals surface area contributed by atoms with Gasteiger partial charge >= 0.3 is 17.5 Å². The molecule has 0 saturated heterocycles. The Bertz CT molecular complexity index is 146. The molecule has 0 atom stereocenters. The Morgan fingerprint density at radius 2 is 1.58 bits per heavy atom. The molecule has 0 aliphatic rings. The number of carbonyl (C=O) groups excluding carboxylic acids is 1. The van der Waals surface area contributed by atoms with Gasteiger partial charge in [0.25, 0.3) is 0 Å². The van der Waals surface area contributed by atoms with E-state index in [2.05, 4.69) is 29.3 Å². The molecule has 0 fully saturated rings. The summed E-state index contributed by atoms with van der Waals surface area (Å²) in [6, 6.07) is 0. The standard InChI is InChI=1S/C7H10O3.CO/c1-3-5-9-7(8)10-6-4-2;1-2/h3-4H,1-2,5-6H2;. The van der Waals surface area contributed by atoms with Gasteiger partial charge in [0.05, 0.1) is 0 Å². The summed E-state index contributed by atoms with van der Waals surface area (Å²) < 4.78 is 16.4. The van der Waals surface area contributed by atoms with Crippen molar-refractivity contribution in [3.05, 3.63) is 32.0 Å². The van der Waals surface area contributed by atoms with Crippen LogP contribution in [0, 0.1) is 6.65 Å². The van der Waals surface area contributed by atoms with E-state index >= 15 is 0 Å². The average molecular weight is 170 g/mol. The fourth-order valence-electron chi connectivity index (χ4n) is 0.296. The molecule has 0 aromatic heterocycles. The van der Waals surface area contributed by atoms with Crippen LogP contribution in [0.15, 0.2) is 25.3 Å². The Kier molecular flexibility index (Phi) is 13.3. The van der Waals surface area contributed by atoms with Crippen LogP contribution in [0.1, 0.15) is 0 Å². The zero-order chi connectivity index (χ0) is 9.82. The summed E-state index contributed by atoms with van der Waals surface area (Å²) >= 11 is 0. The molecular formula is C8H10O4. The van der Waals surface area contributed by atoms with E-state index in [1.165, 1.54) is 12.2 Å². The number of ether oxygens (including phenoxy) is 2. The molecule has 0 rings (SSSR count). The van der Waals surface area contributed by atoms with Crippen LogP contribution in [-0.2, 0) is 14.1 Å². The van der Waals surface area contributed by atoms with Gasteiger partial charge in [-0.25, -0.2) is 4.79 Å². The topological polar surface area (TPSA) is 55.4 Å².